The average molecular weight is 709 g/mol. The Morgan fingerprint density at radius 3 is 2.35 bits per heavy atom. The summed E-state index contributed by atoms with van der Waals surface area (Å²) in [7, 11) is -3.92. The average Bonchev–Trinajstić information content (AvgIpc) is 3.98. The van der Waals surface area contributed by atoms with E-state index < -0.39 is 37.8 Å². The zero-order chi connectivity index (χ0) is 35.7. The molecule has 2 aromatic heterocycles. The van der Waals surface area contributed by atoms with Crippen LogP contribution in [-0.4, -0.2) is 58.2 Å². The molecule has 0 spiro atoms. The SMILES string of the molecule is C=C/C(=C\C=C\CNc1nc(NC2(C(F)(F)F)CC2)c2nc(-c3ccc(OC)c(S(=O)(=O)C4CC4)c3)ccc2n1)S(N)=O.CC.CCC. The van der Waals surface area contributed by atoms with Crippen LogP contribution in [0.3, 0.4) is 0 Å². The zero-order valence-corrected chi connectivity index (χ0v) is 29.4. The fraction of sp³-hybridized carbons (Fsp3) is 0.424. The van der Waals surface area contributed by atoms with Gasteiger partial charge in [0, 0.05) is 12.1 Å². The molecule has 2 aliphatic carbocycles. The van der Waals surface area contributed by atoms with Crippen LogP contribution in [0.25, 0.3) is 22.3 Å². The molecule has 2 fully saturated rings. The minimum absolute atomic E-state index is 0.0425. The van der Waals surface area contributed by atoms with Gasteiger partial charge in [0.15, 0.2) is 15.7 Å². The van der Waals surface area contributed by atoms with E-state index in [0.717, 1.165) is 0 Å². The van der Waals surface area contributed by atoms with E-state index >= 15 is 0 Å². The van der Waals surface area contributed by atoms with Crippen molar-refractivity contribution in [3.05, 3.63) is 66.1 Å². The molecule has 2 saturated carbocycles. The summed E-state index contributed by atoms with van der Waals surface area (Å²) in [5, 5.41) is 10.4. The number of hydrogen-bond acceptors (Lipinski definition) is 9. The molecule has 3 aromatic rings. The Labute approximate surface area is 282 Å². The molecule has 0 bridgehead atoms. The molecule has 0 aliphatic heterocycles. The molecule has 262 valence electrons. The summed E-state index contributed by atoms with van der Waals surface area (Å²) in [6, 6.07) is 7.85. The number of hydrogen-bond donors (Lipinski definition) is 3. The summed E-state index contributed by atoms with van der Waals surface area (Å²) >= 11 is 0. The van der Waals surface area contributed by atoms with Gasteiger partial charge in [-0.05, 0) is 62.1 Å². The van der Waals surface area contributed by atoms with Crippen molar-refractivity contribution in [3.63, 3.8) is 0 Å². The maximum Gasteiger partial charge on any atom is 0.411 e. The molecular weight excluding hydrogens is 666 g/mol. The molecule has 5 rings (SSSR count). The van der Waals surface area contributed by atoms with E-state index in [4.69, 9.17) is 9.88 Å². The number of sulfone groups is 1. The summed E-state index contributed by atoms with van der Waals surface area (Å²) < 4.78 is 84.5. The summed E-state index contributed by atoms with van der Waals surface area (Å²) in [5.41, 5.74) is -0.976. The van der Waals surface area contributed by atoms with E-state index in [1.54, 1.807) is 30.4 Å². The van der Waals surface area contributed by atoms with E-state index in [-0.39, 0.29) is 52.8 Å². The number of rotatable bonds is 12. The highest BCUT2D eigenvalue weighted by atomic mass is 32.2. The van der Waals surface area contributed by atoms with Gasteiger partial charge in [0.2, 0.25) is 5.95 Å². The predicted molar refractivity (Wildman–Crippen MR) is 187 cm³/mol. The van der Waals surface area contributed by atoms with Gasteiger partial charge >= 0.3 is 6.18 Å². The molecule has 1 unspecified atom stereocenters. The van der Waals surface area contributed by atoms with Gasteiger partial charge in [-0.25, -0.2) is 27.7 Å². The number of allylic oxidation sites excluding steroid dienone is 3. The lowest BCUT2D eigenvalue weighted by atomic mass is 10.1. The number of ether oxygens (including phenoxy) is 1. The molecule has 48 heavy (non-hydrogen) atoms. The quantitative estimate of drug-likeness (QED) is 0.166. The molecule has 4 N–H and O–H groups in total. The highest BCUT2D eigenvalue weighted by Gasteiger charge is 2.64. The van der Waals surface area contributed by atoms with Crippen molar-refractivity contribution < 1.29 is 30.5 Å². The van der Waals surface area contributed by atoms with Gasteiger partial charge in [-0.15, -0.1) is 0 Å². The number of pyridine rings is 1. The molecule has 1 aromatic carbocycles. The third-order valence-corrected chi connectivity index (χ3v) is 10.2. The number of nitrogens with zero attached hydrogens (tertiary/aromatic N) is 3. The van der Waals surface area contributed by atoms with E-state index in [1.165, 1.54) is 37.8 Å². The van der Waals surface area contributed by atoms with E-state index in [0.29, 0.717) is 29.0 Å². The number of nitrogens with one attached hydrogen (secondary N) is 2. The number of anilines is 2. The predicted octanol–water partition coefficient (Wildman–Crippen LogP) is 7.25. The van der Waals surface area contributed by atoms with Gasteiger partial charge < -0.3 is 15.4 Å². The standard InChI is InChI=1S/C28H29F3N6O4S2.C3H8.C2H6/c1-3-18(42(32)38)6-4-5-15-33-26-35-21-11-10-20(34-24(21)25(36-26)37-27(13-14-27)28(29,30)31)17-7-12-22(41-2)23(16-17)43(39,40)19-8-9-19;1-3-2;1-2/h3-7,10-12,16,19H,1,8-9,13-15,32H2,2H3,(H2,33,35,36,37);3H2,1-2H3;1-2H3/b5-4+,18-6+;;. The third kappa shape index (κ3) is 9.20. The fourth-order valence-corrected chi connectivity index (χ4v) is 6.60. The third-order valence-electron chi connectivity index (χ3n) is 7.13. The van der Waals surface area contributed by atoms with Gasteiger partial charge in [-0.3, -0.25) is 0 Å². The largest absolute Gasteiger partial charge is 0.495 e. The number of methoxy groups -OCH3 is 1. The van der Waals surface area contributed by atoms with Crippen LogP contribution in [0.15, 0.2) is 71.0 Å². The molecule has 2 heterocycles. The van der Waals surface area contributed by atoms with Gasteiger partial charge in [0.25, 0.3) is 0 Å². The lowest BCUT2D eigenvalue weighted by Gasteiger charge is -2.22. The molecule has 1 atom stereocenters. The Bertz CT molecular complexity index is 1790. The fourth-order valence-electron chi connectivity index (χ4n) is 4.39. The van der Waals surface area contributed by atoms with Crippen LogP contribution in [0.5, 0.6) is 5.75 Å². The Hall–Kier alpha value is -3.82. The van der Waals surface area contributed by atoms with Crippen LogP contribution >= 0.6 is 0 Å². The van der Waals surface area contributed by atoms with Crippen molar-refractivity contribution in [1.29, 1.82) is 0 Å². The van der Waals surface area contributed by atoms with Crippen molar-refractivity contribution in [2.75, 3.05) is 24.3 Å². The van der Waals surface area contributed by atoms with Gasteiger partial charge in [-0.2, -0.15) is 18.2 Å². The van der Waals surface area contributed by atoms with Crippen molar-refractivity contribution in [2.45, 2.75) is 81.7 Å². The summed E-state index contributed by atoms with van der Waals surface area (Å²) in [4.78, 5) is 13.7. The highest BCUT2D eigenvalue weighted by molar-refractivity contribution is 7.92. The second-order valence-electron chi connectivity index (χ2n) is 10.9. The first-order chi connectivity index (χ1) is 22.8. The molecular formula is C33H43F3N6O4S2. The summed E-state index contributed by atoms with van der Waals surface area (Å²) in [6.45, 7) is 12.0. The minimum atomic E-state index is -4.52. The smallest absolute Gasteiger partial charge is 0.411 e. The van der Waals surface area contributed by atoms with E-state index in [2.05, 4.69) is 46.0 Å². The monoisotopic (exact) mass is 708 g/mol. The van der Waals surface area contributed by atoms with Gasteiger partial charge in [0.05, 0.1) is 28.5 Å². The van der Waals surface area contributed by atoms with Crippen LogP contribution in [0, 0.1) is 0 Å². The van der Waals surface area contributed by atoms with E-state index in [1.807, 2.05) is 13.8 Å². The van der Waals surface area contributed by atoms with Crippen molar-refractivity contribution >= 4 is 43.6 Å². The normalized spacial score (nSPS) is 16.2. The Kier molecular flexibility index (Phi) is 13.3. The first-order valence-electron chi connectivity index (χ1n) is 15.7. The van der Waals surface area contributed by atoms with Crippen LogP contribution in [0.4, 0.5) is 24.9 Å². The topological polar surface area (TPSA) is 149 Å². The first kappa shape index (κ1) is 38.6. The minimum Gasteiger partial charge on any atom is -0.495 e. The molecule has 0 saturated heterocycles. The van der Waals surface area contributed by atoms with Crippen molar-refractivity contribution in [2.24, 2.45) is 5.14 Å². The number of benzene rings is 1. The highest BCUT2D eigenvalue weighted by Crippen LogP contribution is 2.51. The zero-order valence-electron chi connectivity index (χ0n) is 27.7. The number of fused-ring (bicyclic) bond motifs is 1. The Balaban J connectivity index is 0.00000118. The molecule has 10 nitrogen and oxygen atoms in total. The van der Waals surface area contributed by atoms with E-state index in [9.17, 15) is 25.8 Å². The maximum absolute atomic E-state index is 13.9. The Morgan fingerprint density at radius 1 is 1.15 bits per heavy atom. The lowest BCUT2D eigenvalue weighted by Crippen LogP contribution is -2.39. The van der Waals surface area contributed by atoms with Crippen LogP contribution in [-0.2, 0) is 20.8 Å². The number of alkyl halides is 3. The molecule has 2 aliphatic rings. The summed E-state index contributed by atoms with van der Waals surface area (Å²) in [6.07, 6.45) is 3.79. The second-order valence-corrected chi connectivity index (χ2v) is 14.1. The van der Waals surface area contributed by atoms with Crippen molar-refractivity contribution in [1.82, 2.24) is 15.0 Å². The first-order valence-corrected chi connectivity index (χ1v) is 18.4. The molecule has 15 heteroatoms. The number of aromatic nitrogens is 3. The van der Waals surface area contributed by atoms with Crippen LogP contribution in [0.2, 0.25) is 0 Å². The maximum atomic E-state index is 13.9. The lowest BCUT2D eigenvalue weighted by molar-refractivity contribution is -0.151. The molecule has 0 radical (unpaired) electrons. The van der Waals surface area contributed by atoms with Crippen LogP contribution < -0.4 is 20.5 Å². The summed E-state index contributed by atoms with van der Waals surface area (Å²) in [5.74, 6) is 0.157. The van der Waals surface area contributed by atoms with Gasteiger partial charge in [0.1, 0.15) is 32.7 Å². The van der Waals surface area contributed by atoms with Crippen LogP contribution in [0.1, 0.15) is 59.8 Å². The number of nitrogens with two attached hydrogens (primary N) is 1. The second kappa shape index (κ2) is 16.5. The molecule has 0 amide bonds. The Morgan fingerprint density at radius 2 is 1.81 bits per heavy atom. The number of halogens is 3. The van der Waals surface area contributed by atoms with Gasteiger partial charge in [-0.1, -0.05) is 58.9 Å². The van der Waals surface area contributed by atoms with Crippen molar-refractivity contribution in [3.8, 4) is 17.0 Å².